The Morgan fingerprint density at radius 3 is 2.29 bits per heavy atom. The summed E-state index contributed by atoms with van der Waals surface area (Å²) in [5, 5.41) is 14.3. The zero-order valence-corrected chi connectivity index (χ0v) is 18.6. The third-order valence-corrected chi connectivity index (χ3v) is 6.65. The monoisotopic (exact) mass is 458 g/mol. The van der Waals surface area contributed by atoms with Crippen LogP contribution in [0, 0.1) is 11.7 Å². The highest BCUT2D eigenvalue weighted by Crippen LogP contribution is 2.22. The highest BCUT2D eigenvalue weighted by molar-refractivity contribution is 7.91. The molecule has 0 atom stereocenters. The van der Waals surface area contributed by atoms with E-state index in [2.05, 4.69) is 15.5 Å². The van der Waals surface area contributed by atoms with E-state index in [0.29, 0.717) is 12.2 Å². The maximum atomic E-state index is 12.7. The van der Waals surface area contributed by atoms with Crippen molar-refractivity contribution in [2.24, 2.45) is 5.10 Å². The highest BCUT2D eigenvalue weighted by Gasteiger charge is 2.17. The number of aromatic amines is 1. The molecule has 8 nitrogen and oxygen atoms in total. The van der Waals surface area contributed by atoms with E-state index in [1.165, 1.54) is 22.9 Å². The van der Waals surface area contributed by atoms with Crippen molar-refractivity contribution in [3.63, 3.8) is 0 Å². The van der Waals surface area contributed by atoms with Gasteiger partial charge in [0.2, 0.25) is 15.7 Å². The number of hydrogen-bond donors (Lipinski definition) is 3. The van der Waals surface area contributed by atoms with E-state index in [1.54, 1.807) is 36.4 Å². The van der Waals surface area contributed by atoms with E-state index in [9.17, 15) is 18.3 Å². The zero-order valence-electron chi connectivity index (χ0n) is 17.0. The molecule has 1 heterocycles. The average Bonchev–Trinajstić information content (AvgIpc) is 2.74. The summed E-state index contributed by atoms with van der Waals surface area (Å²) in [6, 6.07) is 12.7. The molecule has 0 aliphatic rings. The van der Waals surface area contributed by atoms with E-state index in [1.807, 2.05) is 13.8 Å². The van der Waals surface area contributed by atoms with Crippen molar-refractivity contribution in [2.45, 2.75) is 36.6 Å². The molecule has 0 amide bonds. The minimum atomic E-state index is -3.62. The average molecular weight is 459 g/mol. The molecule has 0 bridgehead atoms. The first kappa shape index (κ1) is 22.4. The fourth-order valence-electron chi connectivity index (χ4n) is 2.86. The minimum Gasteiger partial charge on any atom is -0.494 e. The predicted octanol–water partition coefficient (Wildman–Crippen LogP) is 3.61. The second kappa shape index (κ2) is 9.27. The molecule has 2 aromatic carbocycles. The lowest BCUT2D eigenvalue weighted by Crippen LogP contribution is -2.19. The fraction of sp³-hybridized carbons (Fsp3) is 0.190. The summed E-state index contributed by atoms with van der Waals surface area (Å²) in [7, 11) is -3.62. The Morgan fingerprint density at radius 2 is 1.71 bits per heavy atom. The van der Waals surface area contributed by atoms with Crippen molar-refractivity contribution in [1.82, 2.24) is 9.55 Å². The number of benzene rings is 2. The van der Waals surface area contributed by atoms with Gasteiger partial charge in [0, 0.05) is 6.54 Å². The van der Waals surface area contributed by atoms with Gasteiger partial charge in [-0.3, -0.25) is 19.8 Å². The molecular weight excluding hydrogens is 436 g/mol. The van der Waals surface area contributed by atoms with Crippen LogP contribution in [0.15, 0.2) is 68.2 Å². The van der Waals surface area contributed by atoms with Crippen molar-refractivity contribution in [3.05, 3.63) is 74.8 Å². The van der Waals surface area contributed by atoms with Crippen LogP contribution in [-0.2, 0) is 16.4 Å². The summed E-state index contributed by atoms with van der Waals surface area (Å²) < 4.78 is 27.0. The highest BCUT2D eigenvalue weighted by atomic mass is 32.2. The van der Waals surface area contributed by atoms with Gasteiger partial charge < -0.3 is 5.11 Å². The molecule has 0 fully saturated rings. The lowest BCUT2D eigenvalue weighted by molar-refractivity contribution is 0.402. The standard InChI is InChI=1S/C21H22N4O4S2/c1-3-12-25-20(27)18(19(26)23-21(25)30)13-22-24-15-6-10-17(11-7-15)31(28,29)16-8-4-14(2)5-9-16/h4-11,13,24,27H,3,12H2,1-2H3,(H,23,26,30). The van der Waals surface area contributed by atoms with Gasteiger partial charge in [0.25, 0.3) is 5.56 Å². The smallest absolute Gasteiger partial charge is 0.264 e. The van der Waals surface area contributed by atoms with Crippen LogP contribution in [0.2, 0.25) is 0 Å². The molecule has 0 aliphatic heterocycles. The largest absolute Gasteiger partial charge is 0.494 e. The van der Waals surface area contributed by atoms with Gasteiger partial charge in [-0.05, 0) is 62.0 Å². The van der Waals surface area contributed by atoms with Crippen molar-refractivity contribution in [1.29, 1.82) is 0 Å². The summed E-state index contributed by atoms with van der Waals surface area (Å²) >= 11 is 5.06. The Labute approximate surface area is 184 Å². The number of hydrazone groups is 1. The Bertz CT molecular complexity index is 1320. The van der Waals surface area contributed by atoms with Crippen LogP contribution in [0.5, 0.6) is 5.88 Å². The molecule has 3 N–H and O–H groups in total. The number of sulfone groups is 1. The second-order valence-electron chi connectivity index (χ2n) is 6.86. The number of aromatic hydroxyl groups is 1. The van der Waals surface area contributed by atoms with Crippen LogP contribution in [0.3, 0.4) is 0 Å². The van der Waals surface area contributed by atoms with Crippen molar-refractivity contribution in [2.75, 3.05) is 5.43 Å². The topological polar surface area (TPSA) is 117 Å². The molecular formula is C21H22N4O4S2. The number of H-pyrrole nitrogens is 1. The maximum Gasteiger partial charge on any atom is 0.264 e. The van der Waals surface area contributed by atoms with Gasteiger partial charge in [-0.25, -0.2) is 8.42 Å². The molecule has 0 radical (unpaired) electrons. The third kappa shape index (κ3) is 4.92. The summed E-state index contributed by atoms with van der Waals surface area (Å²) in [6.07, 6.45) is 1.91. The Balaban J connectivity index is 1.79. The van der Waals surface area contributed by atoms with Crippen LogP contribution in [-0.4, -0.2) is 29.3 Å². The molecule has 31 heavy (non-hydrogen) atoms. The van der Waals surface area contributed by atoms with Crippen molar-refractivity contribution >= 4 is 34.0 Å². The molecule has 0 spiro atoms. The summed E-state index contributed by atoms with van der Waals surface area (Å²) in [5.74, 6) is -0.263. The molecule has 0 saturated heterocycles. The third-order valence-electron chi connectivity index (χ3n) is 4.54. The van der Waals surface area contributed by atoms with E-state index in [-0.39, 0.29) is 26.0 Å². The molecule has 10 heteroatoms. The number of hydrogen-bond acceptors (Lipinski definition) is 7. The first-order valence-corrected chi connectivity index (χ1v) is 11.4. The van der Waals surface area contributed by atoms with Crippen LogP contribution in [0.1, 0.15) is 24.5 Å². The van der Waals surface area contributed by atoms with Gasteiger partial charge in [0.05, 0.1) is 21.7 Å². The minimum absolute atomic E-state index is 0.0341. The van der Waals surface area contributed by atoms with E-state index >= 15 is 0 Å². The number of nitrogens with zero attached hydrogens (tertiary/aromatic N) is 2. The molecule has 3 aromatic rings. The van der Waals surface area contributed by atoms with Gasteiger partial charge in [-0.2, -0.15) is 5.10 Å². The Morgan fingerprint density at radius 1 is 1.13 bits per heavy atom. The van der Waals surface area contributed by atoms with Crippen molar-refractivity contribution < 1.29 is 13.5 Å². The SMILES string of the molecule is CCCn1c(O)c(C=NNc2ccc(S(=O)(=O)c3ccc(C)cc3)cc2)c(=O)[nH]c1=S. The second-order valence-corrected chi connectivity index (χ2v) is 9.20. The van der Waals surface area contributed by atoms with Crippen LogP contribution in [0.4, 0.5) is 5.69 Å². The number of rotatable bonds is 7. The quantitative estimate of drug-likeness (QED) is 0.283. The summed E-state index contributed by atoms with van der Waals surface area (Å²) in [4.78, 5) is 15.0. The fourth-order valence-corrected chi connectivity index (χ4v) is 4.39. The van der Waals surface area contributed by atoms with Crippen LogP contribution in [0.25, 0.3) is 0 Å². The molecule has 0 aliphatic carbocycles. The first-order valence-electron chi connectivity index (χ1n) is 9.51. The van der Waals surface area contributed by atoms with Gasteiger partial charge in [0.15, 0.2) is 4.77 Å². The number of aromatic nitrogens is 2. The lowest BCUT2D eigenvalue weighted by atomic mass is 10.2. The van der Waals surface area contributed by atoms with Crippen LogP contribution >= 0.6 is 12.2 Å². The molecule has 162 valence electrons. The maximum absolute atomic E-state index is 12.7. The zero-order chi connectivity index (χ0) is 22.6. The number of aryl methyl sites for hydroxylation is 1. The van der Waals surface area contributed by atoms with Crippen molar-refractivity contribution in [3.8, 4) is 5.88 Å². The van der Waals surface area contributed by atoms with Gasteiger partial charge in [-0.1, -0.05) is 24.6 Å². The summed E-state index contributed by atoms with van der Waals surface area (Å²) in [6.45, 7) is 4.26. The molecule has 1 aromatic heterocycles. The van der Waals surface area contributed by atoms with Gasteiger partial charge in [-0.15, -0.1) is 0 Å². The van der Waals surface area contributed by atoms with E-state index in [0.717, 1.165) is 12.0 Å². The normalized spacial score (nSPS) is 11.7. The van der Waals surface area contributed by atoms with E-state index in [4.69, 9.17) is 12.2 Å². The molecule has 3 rings (SSSR count). The number of anilines is 1. The lowest BCUT2D eigenvalue weighted by Gasteiger charge is -2.09. The first-order chi connectivity index (χ1) is 14.7. The Hall–Kier alpha value is -3.24. The predicted molar refractivity (Wildman–Crippen MR) is 122 cm³/mol. The Kier molecular flexibility index (Phi) is 6.71. The van der Waals surface area contributed by atoms with Gasteiger partial charge >= 0.3 is 0 Å². The summed E-state index contributed by atoms with van der Waals surface area (Å²) in [5.41, 5.74) is 3.61. The molecule has 0 saturated carbocycles. The van der Waals surface area contributed by atoms with Gasteiger partial charge in [0.1, 0.15) is 5.56 Å². The number of nitrogens with one attached hydrogen (secondary N) is 2. The van der Waals surface area contributed by atoms with E-state index < -0.39 is 15.4 Å². The van der Waals surface area contributed by atoms with Crippen LogP contribution < -0.4 is 11.0 Å². The molecule has 0 unspecified atom stereocenters.